The van der Waals surface area contributed by atoms with Gasteiger partial charge in [-0.1, -0.05) is 199 Å². The minimum absolute atomic E-state index is 0. The number of aromatic nitrogens is 8. The van der Waals surface area contributed by atoms with Crippen molar-refractivity contribution in [2.45, 2.75) is 209 Å². The molecule has 0 aliphatic rings. The first-order valence-corrected chi connectivity index (χ1v) is 22.0. The maximum atomic E-state index is 4.25. The minimum Gasteiger partial charge on any atom is -0.574 e. The predicted molar refractivity (Wildman–Crippen MR) is 230 cm³/mol. The molecule has 0 saturated carbocycles. The molecule has 1 radical (unpaired) electrons. The van der Waals surface area contributed by atoms with Gasteiger partial charge in [-0.15, -0.1) is 21.7 Å². The molecule has 0 saturated heterocycles. The van der Waals surface area contributed by atoms with Gasteiger partial charge in [0.1, 0.15) is 0 Å². The molecular formula is C40H72EuK2N8P4. The Labute approximate surface area is 470 Å². The van der Waals surface area contributed by atoms with Crippen LogP contribution in [0.2, 0.25) is 0 Å². The van der Waals surface area contributed by atoms with Crippen LogP contribution in [-0.4, -0.2) is 20.4 Å². The van der Waals surface area contributed by atoms with E-state index in [1.54, 1.807) is 0 Å². The molecule has 15 heteroatoms. The van der Waals surface area contributed by atoms with Crippen LogP contribution >= 0.6 is 32.8 Å². The Morgan fingerprint density at radius 1 is 0.273 bits per heavy atom. The summed E-state index contributed by atoms with van der Waals surface area (Å²) < 4.78 is 0. The van der Waals surface area contributed by atoms with Crippen LogP contribution in [0.5, 0.6) is 0 Å². The monoisotopic (exact) mass is 1020 g/mol. The zero-order chi connectivity index (χ0) is 41.1. The summed E-state index contributed by atoms with van der Waals surface area (Å²) >= 11 is 0. The number of hydrogen-bond donors (Lipinski definition) is 0. The molecule has 0 bridgehead atoms. The fourth-order valence-corrected chi connectivity index (χ4v) is 7.70. The average Bonchev–Trinajstić information content (AvgIpc) is 3.72. The molecule has 0 N–H and O–H groups in total. The summed E-state index contributed by atoms with van der Waals surface area (Å²) in [5.74, 6) is 0. The molecule has 4 heterocycles. The van der Waals surface area contributed by atoms with E-state index in [2.05, 4.69) is 207 Å². The van der Waals surface area contributed by atoms with Gasteiger partial charge in [0.2, 0.25) is 0 Å². The van der Waals surface area contributed by atoms with Crippen molar-refractivity contribution in [3.05, 3.63) is 43.4 Å². The topological polar surface area (TPSA) is 108 Å². The van der Waals surface area contributed by atoms with Gasteiger partial charge in [0.05, 0.1) is 0 Å². The van der Waals surface area contributed by atoms with Crippen molar-refractivity contribution in [1.82, 2.24) is 40.8 Å². The third-order valence-electron chi connectivity index (χ3n) is 7.17. The maximum Gasteiger partial charge on any atom is 2.00 e. The fourth-order valence-electron chi connectivity index (χ4n) is 3.50. The Morgan fingerprint density at radius 3 is 0.455 bits per heavy atom. The van der Waals surface area contributed by atoms with Crippen LogP contribution < -0.4 is 123 Å². The van der Waals surface area contributed by atoms with Crippen LogP contribution in [0, 0.1) is 49.4 Å². The van der Waals surface area contributed by atoms with Gasteiger partial charge in [-0.3, -0.25) is 0 Å². The van der Waals surface area contributed by atoms with Gasteiger partial charge in [-0.25, -0.2) is 0 Å². The maximum absolute atomic E-state index is 4.25. The van der Waals surface area contributed by atoms with Crippen molar-refractivity contribution >= 4 is 32.8 Å². The first-order chi connectivity index (χ1) is 22.8. The van der Waals surface area contributed by atoms with Crippen molar-refractivity contribution in [3.63, 3.8) is 0 Å². The summed E-state index contributed by atoms with van der Waals surface area (Å²) in [7, 11) is 4.84. The molecule has 0 fully saturated rings. The third-order valence-corrected chi connectivity index (χ3v) is 14.9. The first kappa shape index (κ1) is 62.7. The van der Waals surface area contributed by atoms with Crippen LogP contribution in [0.25, 0.3) is 0 Å². The zero-order valence-corrected chi connectivity index (χ0v) is 52.0. The molecule has 0 atom stereocenters. The Bertz CT molecular complexity index is 1310. The average molecular weight is 1020 g/mol. The van der Waals surface area contributed by atoms with E-state index in [-0.39, 0.29) is 195 Å². The van der Waals surface area contributed by atoms with E-state index >= 15 is 0 Å². The quantitative estimate of drug-likeness (QED) is 0.176. The van der Waals surface area contributed by atoms with Crippen LogP contribution in [0.15, 0.2) is 0 Å². The van der Waals surface area contributed by atoms with Crippen molar-refractivity contribution in [3.8, 4) is 0 Å². The summed E-state index contributed by atoms with van der Waals surface area (Å²) in [6.45, 7) is 52.3. The molecule has 0 unspecified atom stereocenters. The van der Waals surface area contributed by atoms with Gasteiger partial charge in [0.15, 0.2) is 0 Å². The normalized spacial score (nSPS) is 13.2. The van der Waals surface area contributed by atoms with Crippen molar-refractivity contribution in [2.24, 2.45) is 0 Å². The molecule has 0 spiro atoms. The smallest absolute Gasteiger partial charge is 0.574 e. The Kier molecular flexibility index (Phi) is 27.3. The molecule has 0 aliphatic carbocycles. The standard InChI is InChI=1S/4C10H18N2P.Eu.2K/c4*1-9(2,3)7-11-12-8(13-7)10(4,5)6;;;/h4*1-6H3;;;/q4*-1;+2;2*+1. The Morgan fingerprint density at radius 2 is 0.400 bits per heavy atom. The van der Waals surface area contributed by atoms with E-state index in [0.29, 0.717) is 0 Å². The minimum atomic E-state index is 0. The van der Waals surface area contributed by atoms with E-state index < -0.39 is 0 Å². The zero-order valence-electron chi connectivity index (χ0n) is 39.7. The molecule has 0 aliphatic heterocycles. The van der Waals surface area contributed by atoms with E-state index in [1.807, 2.05) is 0 Å². The van der Waals surface area contributed by atoms with Crippen LogP contribution in [0.4, 0.5) is 0 Å². The van der Waals surface area contributed by atoms with E-state index in [4.69, 9.17) is 0 Å². The summed E-state index contributed by atoms with van der Waals surface area (Å²) in [5, 5.41) is 34.0. The molecule has 301 valence electrons. The Balaban J connectivity index is -0.000000644. The second kappa shape index (κ2) is 23.9. The van der Waals surface area contributed by atoms with Crippen molar-refractivity contribution in [2.75, 3.05) is 0 Å². The molecule has 8 nitrogen and oxygen atoms in total. The van der Waals surface area contributed by atoms with Gasteiger partial charge in [-0.05, 0) is 21.7 Å². The summed E-state index contributed by atoms with van der Waals surface area (Å²) in [6.07, 6.45) is 0. The predicted octanol–water partition coefficient (Wildman–Crippen LogP) is 6.86. The van der Waals surface area contributed by atoms with E-state index in [0.717, 1.165) is 0 Å². The molecule has 4 aromatic rings. The molecule has 0 amide bonds. The van der Waals surface area contributed by atoms with E-state index in [9.17, 15) is 0 Å². The SMILES string of the molecule is CC(C)(C)c1n[n-]c(C(C)(C)C)p1.CC(C)(C)c1n[n-]c(C(C)(C)C)p1.CC(C)(C)c1n[n-]c(C(C)(C)C)p1.CC(C)(C)c1n[n-]c(C(C)(C)C)p1.[Eu+2].[K+].[K+]. The molecule has 55 heavy (non-hydrogen) atoms. The fraction of sp³-hybridized carbons (Fsp3) is 0.800. The summed E-state index contributed by atoms with van der Waals surface area (Å²) in [5.41, 5.74) is 10.6. The van der Waals surface area contributed by atoms with Gasteiger partial charge >= 0.3 is 152 Å². The van der Waals surface area contributed by atoms with Crippen LogP contribution in [0.3, 0.4) is 0 Å². The largest absolute Gasteiger partial charge is 2.00 e. The summed E-state index contributed by atoms with van der Waals surface area (Å²) in [6, 6.07) is 0. The second-order valence-electron chi connectivity index (χ2n) is 21.8. The van der Waals surface area contributed by atoms with Crippen LogP contribution in [0.1, 0.15) is 210 Å². The number of hydrogen-bond acceptors (Lipinski definition) is 4. The molecular weight excluding hydrogens is 947 g/mol. The number of rotatable bonds is 0. The van der Waals surface area contributed by atoms with Gasteiger partial charge in [0.25, 0.3) is 0 Å². The van der Waals surface area contributed by atoms with E-state index in [1.165, 1.54) is 76.2 Å². The van der Waals surface area contributed by atoms with Gasteiger partial charge in [-0.2, -0.15) is 0 Å². The first-order valence-electron chi connectivity index (χ1n) is 18.4. The van der Waals surface area contributed by atoms with Crippen LogP contribution in [-0.2, 0) is 43.3 Å². The third kappa shape index (κ3) is 23.1. The molecule has 4 aromatic heterocycles. The van der Waals surface area contributed by atoms with Gasteiger partial charge in [0, 0.05) is 43.4 Å². The summed E-state index contributed by atoms with van der Waals surface area (Å²) in [4.78, 5) is 0. The number of nitrogens with zero attached hydrogens (tertiary/aromatic N) is 8. The van der Waals surface area contributed by atoms with Crippen molar-refractivity contribution < 1.29 is 152 Å². The molecule has 4 rings (SSSR count). The van der Waals surface area contributed by atoms with Gasteiger partial charge < -0.3 is 40.8 Å². The Hall–Kier alpha value is 3.42. The second-order valence-corrected chi connectivity index (χ2v) is 26.1. The van der Waals surface area contributed by atoms with Crippen molar-refractivity contribution in [1.29, 1.82) is 0 Å². The molecule has 0 aromatic carbocycles.